The molecule has 0 saturated carbocycles. The zero-order valence-electron chi connectivity index (χ0n) is 9.10. The highest BCUT2D eigenvalue weighted by atomic mass is 35.5. The molecule has 0 unspecified atom stereocenters. The van der Waals surface area contributed by atoms with Crippen molar-refractivity contribution in [3.63, 3.8) is 0 Å². The number of hydrogen-bond acceptors (Lipinski definition) is 2. The Bertz CT molecular complexity index is 558. The van der Waals surface area contributed by atoms with Crippen LogP contribution in [0.2, 0.25) is 5.02 Å². The molecule has 0 amide bonds. The first-order valence-electron chi connectivity index (χ1n) is 5.22. The largest absolute Gasteiger partial charge is 0.399 e. The number of nitriles is 1. The molecule has 0 aliphatic carbocycles. The molecule has 17 heavy (non-hydrogen) atoms. The van der Waals surface area contributed by atoms with E-state index in [4.69, 9.17) is 17.3 Å². The number of anilines is 1. The van der Waals surface area contributed by atoms with E-state index in [-0.39, 0.29) is 5.92 Å². The van der Waals surface area contributed by atoms with E-state index in [9.17, 15) is 5.26 Å². The maximum Gasteiger partial charge on any atom is 0.0977 e. The number of nitrogens with zero attached hydrogens (tertiary/aromatic N) is 1. The van der Waals surface area contributed by atoms with Crippen molar-refractivity contribution in [1.29, 1.82) is 5.26 Å². The molecule has 0 fully saturated rings. The zero-order valence-corrected chi connectivity index (χ0v) is 9.85. The molecule has 84 valence electrons. The van der Waals surface area contributed by atoms with Gasteiger partial charge in [0, 0.05) is 10.7 Å². The van der Waals surface area contributed by atoms with Gasteiger partial charge in [-0.3, -0.25) is 0 Å². The molecule has 0 aliphatic heterocycles. The Morgan fingerprint density at radius 2 is 1.82 bits per heavy atom. The van der Waals surface area contributed by atoms with Crippen molar-refractivity contribution in [3.8, 4) is 6.07 Å². The topological polar surface area (TPSA) is 49.8 Å². The van der Waals surface area contributed by atoms with Crippen LogP contribution < -0.4 is 5.73 Å². The number of hydrogen-bond donors (Lipinski definition) is 1. The minimum Gasteiger partial charge on any atom is -0.399 e. The highest BCUT2D eigenvalue weighted by molar-refractivity contribution is 6.31. The molecule has 3 heteroatoms. The monoisotopic (exact) mass is 242 g/mol. The molecule has 0 saturated heterocycles. The van der Waals surface area contributed by atoms with E-state index in [1.54, 1.807) is 18.2 Å². The third-order valence-electron chi connectivity index (χ3n) is 2.60. The fourth-order valence-corrected chi connectivity index (χ4v) is 2.04. The Balaban J connectivity index is 2.47. The van der Waals surface area contributed by atoms with Crippen molar-refractivity contribution in [3.05, 3.63) is 64.7 Å². The molecule has 0 radical (unpaired) electrons. The van der Waals surface area contributed by atoms with Crippen LogP contribution in [0.3, 0.4) is 0 Å². The second-order valence-electron chi connectivity index (χ2n) is 3.75. The highest BCUT2D eigenvalue weighted by Crippen LogP contribution is 2.30. The van der Waals surface area contributed by atoms with E-state index in [1.807, 2.05) is 30.3 Å². The third-order valence-corrected chi connectivity index (χ3v) is 2.92. The quantitative estimate of drug-likeness (QED) is 0.819. The molecule has 2 nitrogen and oxygen atoms in total. The van der Waals surface area contributed by atoms with E-state index in [2.05, 4.69) is 6.07 Å². The van der Waals surface area contributed by atoms with Crippen LogP contribution in [-0.2, 0) is 0 Å². The summed E-state index contributed by atoms with van der Waals surface area (Å²) in [7, 11) is 0. The summed E-state index contributed by atoms with van der Waals surface area (Å²) in [5, 5.41) is 9.81. The summed E-state index contributed by atoms with van der Waals surface area (Å²) in [6.45, 7) is 0. The van der Waals surface area contributed by atoms with E-state index in [1.165, 1.54) is 0 Å². The Labute approximate surface area is 105 Å². The van der Waals surface area contributed by atoms with Gasteiger partial charge in [0.25, 0.3) is 0 Å². The standard InChI is InChI=1S/C14H11ClN2/c15-14-8-11(17)6-7-12(14)13(9-16)10-4-2-1-3-5-10/h1-8,13H,17H2/t13-/m0/s1. The first-order chi connectivity index (χ1) is 8.22. The normalized spacial score (nSPS) is 11.8. The fourth-order valence-electron chi connectivity index (χ4n) is 1.75. The van der Waals surface area contributed by atoms with Gasteiger partial charge in [0.15, 0.2) is 0 Å². The molecule has 2 N–H and O–H groups in total. The maximum atomic E-state index is 9.29. The van der Waals surface area contributed by atoms with Crippen LogP contribution in [0.15, 0.2) is 48.5 Å². The van der Waals surface area contributed by atoms with Crippen LogP contribution in [-0.4, -0.2) is 0 Å². The van der Waals surface area contributed by atoms with Crippen LogP contribution in [0.5, 0.6) is 0 Å². The summed E-state index contributed by atoms with van der Waals surface area (Å²) < 4.78 is 0. The molecule has 0 aliphatic rings. The van der Waals surface area contributed by atoms with Crippen LogP contribution >= 0.6 is 11.6 Å². The Morgan fingerprint density at radius 3 is 2.41 bits per heavy atom. The van der Waals surface area contributed by atoms with Crippen molar-refractivity contribution in [2.75, 3.05) is 5.73 Å². The van der Waals surface area contributed by atoms with Crippen LogP contribution in [0.25, 0.3) is 0 Å². The van der Waals surface area contributed by atoms with Gasteiger partial charge in [-0.1, -0.05) is 48.0 Å². The average Bonchev–Trinajstić information content (AvgIpc) is 2.34. The molecule has 0 aromatic heterocycles. The van der Waals surface area contributed by atoms with E-state index >= 15 is 0 Å². The molecule has 0 spiro atoms. The van der Waals surface area contributed by atoms with Crippen LogP contribution in [0, 0.1) is 11.3 Å². The highest BCUT2D eigenvalue weighted by Gasteiger charge is 2.16. The predicted molar refractivity (Wildman–Crippen MR) is 69.8 cm³/mol. The minimum absolute atomic E-state index is 0.357. The van der Waals surface area contributed by atoms with Gasteiger partial charge in [-0.05, 0) is 23.3 Å². The molecule has 0 heterocycles. The summed E-state index contributed by atoms with van der Waals surface area (Å²) in [6.07, 6.45) is 0. The second kappa shape index (κ2) is 4.90. The van der Waals surface area contributed by atoms with Crippen molar-refractivity contribution in [1.82, 2.24) is 0 Å². The third kappa shape index (κ3) is 2.41. The maximum absolute atomic E-state index is 9.29. The Morgan fingerprint density at radius 1 is 1.12 bits per heavy atom. The van der Waals surface area contributed by atoms with Gasteiger partial charge in [0.1, 0.15) is 0 Å². The van der Waals surface area contributed by atoms with Gasteiger partial charge in [-0.2, -0.15) is 5.26 Å². The summed E-state index contributed by atoms with van der Waals surface area (Å²) in [5.74, 6) is -0.357. The Kier molecular flexibility index (Phi) is 3.32. The SMILES string of the molecule is N#C[C@@H](c1ccccc1)c1ccc(N)cc1Cl. The lowest BCUT2D eigenvalue weighted by Crippen LogP contribution is -1.99. The van der Waals surface area contributed by atoms with Gasteiger partial charge in [-0.15, -0.1) is 0 Å². The number of nitrogen functional groups attached to an aromatic ring is 1. The minimum atomic E-state index is -0.357. The zero-order chi connectivity index (χ0) is 12.3. The lowest BCUT2D eigenvalue weighted by atomic mass is 9.92. The summed E-state index contributed by atoms with van der Waals surface area (Å²) >= 11 is 6.12. The van der Waals surface area contributed by atoms with Gasteiger partial charge < -0.3 is 5.73 Å². The van der Waals surface area contributed by atoms with Crippen LogP contribution in [0.4, 0.5) is 5.69 Å². The van der Waals surface area contributed by atoms with Gasteiger partial charge in [0.05, 0.1) is 12.0 Å². The molecule has 1 atom stereocenters. The van der Waals surface area contributed by atoms with Crippen molar-refractivity contribution < 1.29 is 0 Å². The average molecular weight is 243 g/mol. The number of halogens is 1. The molecule has 2 rings (SSSR count). The summed E-state index contributed by atoms with van der Waals surface area (Å²) in [4.78, 5) is 0. The second-order valence-corrected chi connectivity index (χ2v) is 4.16. The summed E-state index contributed by atoms with van der Waals surface area (Å²) in [5.41, 5.74) is 7.96. The number of rotatable bonds is 2. The first-order valence-corrected chi connectivity index (χ1v) is 5.59. The molecular weight excluding hydrogens is 232 g/mol. The van der Waals surface area contributed by atoms with Gasteiger partial charge in [-0.25, -0.2) is 0 Å². The Hall–Kier alpha value is -1.98. The van der Waals surface area contributed by atoms with Crippen molar-refractivity contribution >= 4 is 17.3 Å². The van der Waals surface area contributed by atoms with E-state index in [0.717, 1.165) is 11.1 Å². The lowest BCUT2D eigenvalue weighted by Gasteiger charge is -2.12. The van der Waals surface area contributed by atoms with Crippen molar-refractivity contribution in [2.24, 2.45) is 0 Å². The van der Waals surface area contributed by atoms with Gasteiger partial charge in [0.2, 0.25) is 0 Å². The predicted octanol–water partition coefficient (Wildman–Crippen LogP) is 3.58. The summed E-state index contributed by atoms with van der Waals surface area (Å²) in [6, 6.07) is 17.1. The van der Waals surface area contributed by atoms with E-state index < -0.39 is 0 Å². The van der Waals surface area contributed by atoms with Gasteiger partial charge >= 0.3 is 0 Å². The van der Waals surface area contributed by atoms with Crippen LogP contribution in [0.1, 0.15) is 17.0 Å². The molecule has 2 aromatic rings. The first kappa shape index (κ1) is 11.5. The number of nitrogens with two attached hydrogens (primary N) is 1. The lowest BCUT2D eigenvalue weighted by molar-refractivity contribution is 1.04. The van der Waals surface area contributed by atoms with E-state index in [0.29, 0.717) is 10.7 Å². The fraction of sp³-hybridized carbons (Fsp3) is 0.0714. The molecule has 0 bridgehead atoms. The molecular formula is C14H11ClN2. The molecule has 2 aromatic carbocycles. The smallest absolute Gasteiger partial charge is 0.0977 e. The number of benzene rings is 2. The van der Waals surface area contributed by atoms with Crippen molar-refractivity contribution in [2.45, 2.75) is 5.92 Å².